The Hall–Kier alpha value is -1.43. The van der Waals surface area contributed by atoms with Gasteiger partial charge in [-0.05, 0) is 24.1 Å². The molecule has 3 N–H and O–H groups in total. The molecule has 0 aromatic heterocycles. The van der Waals surface area contributed by atoms with Gasteiger partial charge in [-0.1, -0.05) is 6.07 Å². The summed E-state index contributed by atoms with van der Waals surface area (Å²) in [6.45, 7) is 1.69. The minimum Gasteiger partial charge on any atom is -0.389 e. The topological polar surface area (TPSA) is 86.6 Å². The number of hydrogen-bond acceptors (Lipinski definition) is 4. The number of aliphatic hydroxyl groups is 2. The number of ketones is 1. The van der Waals surface area contributed by atoms with Gasteiger partial charge < -0.3 is 15.5 Å². The van der Waals surface area contributed by atoms with Crippen molar-refractivity contribution in [2.75, 3.05) is 11.2 Å². The highest BCUT2D eigenvalue weighted by Crippen LogP contribution is 2.34. The Labute approximate surface area is 108 Å². The van der Waals surface area contributed by atoms with Crippen molar-refractivity contribution in [3.8, 4) is 0 Å². The molecule has 96 valence electrons. The lowest BCUT2D eigenvalue weighted by Crippen LogP contribution is -2.23. The fourth-order valence-corrected chi connectivity index (χ4v) is 2.19. The Morgan fingerprint density at radius 1 is 1.33 bits per heavy atom. The van der Waals surface area contributed by atoms with Crippen LogP contribution in [0.1, 0.15) is 27.6 Å². The molecule has 1 aromatic carbocycles. The number of nitrogens with one attached hydrogen (secondary N) is 1. The van der Waals surface area contributed by atoms with Crippen LogP contribution in [-0.2, 0) is 4.79 Å². The molecule has 2 rings (SSSR count). The van der Waals surface area contributed by atoms with E-state index in [1.807, 2.05) is 0 Å². The van der Waals surface area contributed by atoms with E-state index in [1.54, 1.807) is 19.1 Å². The van der Waals surface area contributed by atoms with Crippen LogP contribution in [0.3, 0.4) is 0 Å². The number of halogens is 1. The molecule has 1 heterocycles. The van der Waals surface area contributed by atoms with Gasteiger partial charge in [-0.15, -0.1) is 11.6 Å². The third-order valence-electron chi connectivity index (χ3n) is 2.96. The van der Waals surface area contributed by atoms with Crippen LogP contribution in [0.4, 0.5) is 5.69 Å². The number of anilines is 1. The normalized spacial score (nSPS) is 17.3. The SMILES string of the molecule is Cc1ccc2c(c1C(O)C(O)CCl)C(=O)C(=O)N2. The number of aliphatic hydroxyl groups excluding tert-OH is 2. The molecule has 18 heavy (non-hydrogen) atoms. The average Bonchev–Trinajstić information content (AvgIpc) is 2.64. The van der Waals surface area contributed by atoms with E-state index in [0.29, 0.717) is 11.3 Å². The Bertz CT molecular complexity index is 529. The summed E-state index contributed by atoms with van der Waals surface area (Å²) in [7, 11) is 0. The summed E-state index contributed by atoms with van der Waals surface area (Å²) in [6, 6.07) is 3.26. The molecule has 0 radical (unpaired) electrons. The Kier molecular flexibility index (Phi) is 3.38. The number of hydrogen-bond donors (Lipinski definition) is 3. The molecule has 0 saturated carbocycles. The quantitative estimate of drug-likeness (QED) is 0.559. The van der Waals surface area contributed by atoms with Crippen molar-refractivity contribution in [1.82, 2.24) is 0 Å². The maximum atomic E-state index is 11.7. The van der Waals surface area contributed by atoms with Crippen molar-refractivity contribution >= 4 is 29.0 Å². The molecule has 0 fully saturated rings. The summed E-state index contributed by atoms with van der Waals surface area (Å²) < 4.78 is 0. The second kappa shape index (κ2) is 4.68. The number of fused-ring (bicyclic) bond motifs is 1. The molecule has 0 aliphatic carbocycles. The smallest absolute Gasteiger partial charge is 0.296 e. The van der Waals surface area contributed by atoms with Gasteiger partial charge in [0, 0.05) is 0 Å². The summed E-state index contributed by atoms with van der Waals surface area (Å²) in [5.74, 6) is -1.60. The van der Waals surface area contributed by atoms with Gasteiger partial charge in [-0.3, -0.25) is 9.59 Å². The maximum absolute atomic E-state index is 11.7. The maximum Gasteiger partial charge on any atom is 0.296 e. The second-order valence-corrected chi connectivity index (χ2v) is 4.48. The second-order valence-electron chi connectivity index (χ2n) is 4.17. The number of aryl methyl sites for hydroxylation is 1. The first-order valence-electron chi connectivity index (χ1n) is 5.38. The highest BCUT2D eigenvalue weighted by molar-refractivity contribution is 6.52. The predicted molar refractivity (Wildman–Crippen MR) is 65.8 cm³/mol. The van der Waals surface area contributed by atoms with E-state index in [2.05, 4.69) is 5.32 Å². The van der Waals surface area contributed by atoms with Crippen LogP contribution >= 0.6 is 11.6 Å². The third kappa shape index (κ3) is 1.90. The number of rotatable bonds is 3. The summed E-state index contributed by atoms with van der Waals surface area (Å²) >= 11 is 5.49. The number of amides is 1. The van der Waals surface area contributed by atoms with Crippen molar-refractivity contribution in [2.45, 2.75) is 19.1 Å². The average molecular weight is 270 g/mol. The van der Waals surface area contributed by atoms with Crippen molar-refractivity contribution in [1.29, 1.82) is 0 Å². The van der Waals surface area contributed by atoms with Gasteiger partial charge in [-0.2, -0.15) is 0 Å². The summed E-state index contributed by atoms with van der Waals surface area (Å²) in [4.78, 5) is 23.1. The predicted octanol–water partition coefficient (Wildman–Crippen LogP) is 0.763. The van der Waals surface area contributed by atoms with E-state index in [4.69, 9.17) is 11.6 Å². The standard InChI is InChI=1S/C12H12ClNO4/c1-5-2-3-6-9(11(17)12(18)14-6)8(5)10(16)7(15)4-13/h2-3,7,10,15-16H,4H2,1H3,(H,14,17,18). The van der Waals surface area contributed by atoms with E-state index in [1.165, 1.54) is 0 Å². The number of benzene rings is 1. The van der Waals surface area contributed by atoms with Gasteiger partial charge in [-0.25, -0.2) is 0 Å². The molecule has 2 atom stereocenters. The number of alkyl halides is 1. The Balaban J connectivity index is 2.58. The lowest BCUT2D eigenvalue weighted by Gasteiger charge is -2.20. The van der Waals surface area contributed by atoms with E-state index in [-0.39, 0.29) is 17.0 Å². The summed E-state index contributed by atoms with van der Waals surface area (Å²) in [5, 5.41) is 22.0. The molecular formula is C12H12ClNO4. The highest BCUT2D eigenvalue weighted by Gasteiger charge is 2.35. The number of carbonyl (C=O) groups is 2. The first kappa shape index (κ1) is 13.0. The van der Waals surface area contributed by atoms with Crippen LogP contribution in [0.25, 0.3) is 0 Å². The molecule has 5 nitrogen and oxygen atoms in total. The molecule has 1 aromatic rings. The lowest BCUT2D eigenvalue weighted by molar-refractivity contribution is -0.112. The van der Waals surface area contributed by atoms with Crippen LogP contribution in [0.15, 0.2) is 12.1 Å². The minimum absolute atomic E-state index is 0.122. The molecule has 1 aliphatic rings. The van der Waals surface area contributed by atoms with E-state index < -0.39 is 23.9 Å². The number of carbonyl (C=O) groups excluding carboxylic acids is 2. The summed E-state index contributed by atoms with van der Waals surface area (Å²) in [5.41, 5.74) is 1.35. The van der Waals surface area contributed by atoms with Crippen LogP contribution in [0, 0.1) is 6.92 Å². The van der Waals surface area contributed by atoms with Crippen LogP contribution in [0.2, 0.25) is 0 Å². The molecule has 1 amide bonds. The fraction of sp³-hybridized carbons (Fsp3) is 0.333. The van der Waals surface area contributed by atoms with Crippen LogP contribution in [-0.4, -0.2) is 33.9 Å². The van der Waals surface area contributed by atoms with Gasteiger partial charge >= 0.3 is 0 Å². The zero-order chi connectivity index (χ0) is 13.4. The van der Waals surface area contributed by atoms with Gasteiger partial charge in [0.15, 0.2) is 0 Å². The van der Waals surface area contributed by atoms with Gasteiger partial charge in [0.1, 0.15) is 6.10 Å². The minimum atomic E-state index is -1.30. The van der Waals surface area contributed by atoms with Crippen molar-refractivity contribution in [2.24, 2.45) is 0 Å². The zero-order valence-corrected chi connectivity index (χ0v) is 10.4. The third-order valence-corrected chi connectivity index (χ3v) is 3.28. The summed E-state index contributed by atoms with van der Waals surface area (Å²) in [6.07, 6.45) is -2.49. The van der Waals surface area contributed by atoms with Crippen molar-refractivity contribution in [3.63, 3.8) is 0 Å². The number of Topliss-reactive ketones (excluding diaryl/α,β-unsaturated/α-hetero) is 1. The lowest BCUT2D eigenvalue weighted by atomic mass is 9.92. The monoisotopic (exact) mass is 269 g/mol. The van der Waals surface area contributed by atoms with E-state index >= 15 is 0 Å². The fourth-order valence-electron chi connectivity index (χ4n) is 2.02. The van der Waals surface area contributed by atoms with E-state index in [9.17, 15) is 19.8 Å². The van der Waals surface area contributed by atoms with Crippen LogP contribution < -0.4 is 5.32 Å². The molecule has 1 aliphatic heterocycles. The van der Waals surface area contributed by atoms with E-state index in [0.717, 1.165) is 0 Å². The van der Waals surface area contributed by atoms with Crippen molar-refractivity contribution < 1.29 is 19.8 Å². The first-order chi connectivity index (χ1) is 8.47. The van der Waals surface area contributed by atoms with Gasteiger partial charge in [0.25, 0.3) is 11.7 Å². The molecule has 2 unspecified atom stereocenters. The molecular weight excluding hydrogens is 258 g/mol. The first-order valence-corrected chi connectivity index (χ1v) is 5.92. The zero-order valence-electron chi connectivity index (χ0n) is 9.61. The molecule has 0 saturated heterocycles. The highest BCUT2D eigenvalue weighted by atomic mass is 35.5. The van der Waals surface area contributed by atoms with Gasteiger partial charge in [0.2, 0.25) is 0 Å². The molecule has 6 heteroatoms. The Morgan fingerprint density at radius 3 is 2.61 bits per heavy atom. The molecule has 0 spiro atoms. The van der Waals surface area contributed by atoms with Crippen molar-refractivity contribution in [3.05, 3.63) is 28.8 Å². The largest absolute Gasteiger partial charge is 0.389 e. The van der Waals surface area contributed by atoms with Gasteiger partial charge in [0.05, 0.1) is 23.2 Å². The van der Waals surface area contributed by atoms with Crippen LogP contribution in [0.5, 0.6) is 0 Å². The Morgan fingerprint density at radius 2 is 2.00 bits per heavy atom. The molecule has 0 bridgehead atoms.